The van der Waals surface area contributed by atoms with Crippen molar-refractivity contribution in [2.45, 2.75) is 44.8 Å². The summed E-state index contributed by atoms with van der Waals surface area (Å²) in [6.07, 6.45) is -0.930. The number of guanidine groups is 1. The number of hydrogen-bond acceptors (Lipinski definition) is 5. The minimum atomic E-state index is -4.38. The molecule has 2 fully saturated rings. The van der Waals surface area contributed by atoms with E-state index in [0.717, 1.165) is 32.5 Å². The third kappa shape index (κ3) is 5.02. The van der Waals surface area contributed by atoms with Gasteiger partial charge in [0.2, 0.25) is 0 Å². The number of allylic oxidation sites excluding steroid dienone is 2. The standard InChI is InChI=1S/C22H26F3N5O2/c1-13(26)9-17-19(16-4-3-15(31-2)10-14(16)11-22(23,24)25)29-30-20(27-17)28-18-12-21(18)5-7-32-8-6-21/h3-4,9-10,18,26H,5-8,11-12H2,1-2H3,(H2,27,28,30)/p+1/b17-9-,26-13?/t18-/m0/s1. The molecule has 2 heterocycles. The van der Waals surface area contributed by atoms with Crippen LogP contribution in [-0.4, -0.2) is 49.9 Å². The molecule has 1 aliphatic carbocycles. The number of rotatable bonds is 5. The van der Waals surface area contributed by atoms with Gasteiger partial charge in [0.15, 0.2) is 11.4 Å². The number of hydrazone groups is 1. The number of nitrogens with two attached hydrogens (primary N) is 1. The van der Waals surface area contributed by atoms with Crippen LogP contribution in [0, 0.1) is 10.8 Å². The van der Waals surface area contributed by atoms with Crippen molar-refractivity contribution in [1.29, 1.82) is 5.41 Å². The predicted octanol–water partition coefficient (Wildman–Crippen LogP) is 2.52. The zero-order valence-corrected chi connectivity index (χ0v) is 18.1. The Bertz CT molecular complexity index is 994. The van der Waals surface area contributed by atoms with Gasteiger partial charge < -0.3 is 14.9 Å². The van der Waals surface area contributed by atoms with E-state index in [2.05, 4.69) is 10.5 Å². The Morgan fingerprint density at radius 2 is 2.16 bits per heavy atom. The SMILES string of the molecule is COc1ccc(C2=NNC(=N[C@H]3CC34CCOCC4)[NH2+]/C2=C\C(C)=N)c(CC(F)(F)F)c1. The van der Waals surface area contributed by atoms with Crippen LogP contribution < -0.4 is 15.5 Å². The van der Waals surface area contributed by atoms with Gasteiger partial charge in [-0.2, -0.15) is 18.3 Å². The van der Waals surface area contributed by atoms with Crippen LogP contribution in [0.4, 0.5) is 13.2 Å². The summed E-state index contributed by atoms with van der Waals surface area (Å²) in [5, 5.41) is 14.0. The van der Waals surface area contributed by atoms with Crippen molar-refractivity contribution < 1.29 is 28.0 Å². The largest absolute Gasteiger partial charge is 0.497 e. The zero-order valence-electron chi connectivity index (χ0n) is 18.1. The summed E-state index contributed by atoms with van der Waals surface area (Å²) < 4.78 is 50.3. The van der Waals surface area contributed by atoms with Crippen LogP contribution in [0.3, 0.4) is 0 Å². The van der Waals surface area contributed by atoms with Crippen LogP contribution in [0.5, 0.6) is 5.75 Å². The molecule has 1 spiro atoms. The molecule has 1 atom stereocenters. The maximum atomic E-state index is 13.2. The van der Waals surface area contributed by atoms with E-state index in [-0.39, 0.29) is 22.7 Å². The summed E-state index contributed by atoms with van der Waals surface area (Å²) in [6.45, 7) is 3.11. The third-order valence-electron chi connectivity index (χ3n) is 6.11. The average molecular weight is 450 g/mol. The van der Waals surface area contributed by atoms with E-state index < -0.39 is 12.6 Å². The summed E-state index contributed by atoms with van der Waals surface area (Å²) in [5.74, 6) is 0.897. The second-order valence-electron chi connectivity index (χ2n) is 8.52. The van der Waals surface area contributed by atoms with E-state index in [0.29, 0.717) is 28.7 Å². The normalized spacial score (nSPS) is 24.9. The molecule has 4 rings (SSSR count). The lowest BCUT2D eigenvalue weighted by Gasteiger charge is -2.22. The molecule has 2 aliphatic heterocycles. The monoisotopic (exact) mass is 450 g/mol. The Balaban J connectivity index is 1.65. The first-order valence-electron chi connectivity index (χ1n) is 10.5. The second-order valence-corrected chi connectivity index (χ2v) is 8.52. The molecule has 0 amide bonds. The number of ether oxygens (including phenoxy) is 2. The van der Waals surface area contributed by atoms with Crippen molar-refractivity contribution >= 4 is 17.4 Å². The topological polar surface area (TPSA) is 95.7 Å². The Labute approximate surface area is 184 Å². The van der Waals surface area contributed by atoms with E-state index in [1.807, 2.05) is 0 Å². The Morgan fingerprint density at radius 3 is 2.81 bits per heavy atom. The molecule has 10 heteroatoms. The average Bonchev–Trinajstić information content (AvgIpc) is 3.37. The number of nitrogens with zero attached hydrogens (tertiary/aromatic N) is 2. The second kappa shape index (κ2) is 8.67. The maximum absolute atomic E-state index is 13.2. The van der Waals surface area contributed by atoms with E-state index in [1.54, 1.807) is 30.4 Å². The molecule has 0 bridgehead atoms. The molecule has 3 aliphatic rings. The summed E-state index contributed by atoms with van der Waals surface area (Å²) in [6, 6.07) is 4.74. The molecule has 1 saturated heterocycles. The molecular weight excluding hydrogens is 423 g/mol. The molecule has 1 aromatic rings. The molecule has 32 heavy (non-hydrogen) atoms. The van der Waals surface area contributed by atoms with Crippen LogP contribution in [0.2, 0.25) is 0 Å². The van der Waals surface area contributed by atoms with E-state index in [4.69, 9.17) is 19.9 Å². The molecule has 0 unspecified atom stereocenters. The fourth-order valence-corrected chi connectivity index (χ4v) is 4.33. The molecule has 1 saturated carbocycles. The van der Waals surface area contributed by atoms with Gasteiger partial charge in [0.25, 0.3) is 0 Å². The molecule has 4 N–H and O–H groups in total. The fraction of sp³-hybridized carbons (Fsp3) is 0.500. The van der Waals surface area contributed by atoms with Crippen molar-refractivity contribution in [1.82, 2.24) is 5.43 Å². The maximum Gasteiger partial charge on any atom is 0.393 e. The van der Waals surface area contributed by atoms with E-state index >= 15 is 0 Å². The minimum absolute atomic E-state index is 0.0584. The van der Waals surface area contributed by atoms with Gasteiger partial charge in [-0.05, 0) is 55.4 Å². The fourth-order valence-electron chi connectivity index (χ4n) is 4.33. The van der Waals surface area contributed by atoms with Crippen molar-refractivity contribution in [2.24, 2.45) is 15.5 Å². The molecule has 1 aromatic carbocycles. The van der Waals surface area contributed by atoms with Crippen LogP contribution in [0.25, 0.3) is 0 Å². The summed E-state index contributed by atoms with van der Waals surface area (Å²) >= 11 is 0. The molecule has 0 aromatic heterocycles. The number of benzene rings is 1. The number of halogens is 3. The minimum Gasteiger partial charge on any atom is -0.497 e. The highest BCUT2D eigenvalue weighted by molar-refractivity contribution is 6.16. The summed E-state index contributed by atoms with van der Waals surface area (Å²) in [5.41, 5.74) is 4.66. The molecule has 172 valence electrons. The van der Waals surface area contributed by atoms with Gasteiger partial charge in [0.1, 0.15) is 5.75 Å². The highest BCUT2D eigenvalue weighted by Crippen LogP contribution is 2.55. The predicted molar refractivity (Wildman–Crippen MR) is 114 cm³/mol. The lowest BCUT2D eigenvalue weighted by Crippen LogP contribution is -2.92. The lowest BCUT2D eigenvalue weighted by molar-refractivity contribution is -0.481. The van der Waals surface area contributed by atoms with Crippen LogP contribution in [-0.2, 0) is 11.2 Å². The Kier molecular flexibility index (Phi) is 6.09. The van der Waals surface area contributed by atoms with Gasteiger partial charge >= 0.3 is 12.1 Å². The van der Waals surface area contributed by atoms with E-state index in [9.17, 15) is 13.2 Å². The summed E-state index contributed by atoms with van der Waals surface area (Å²) in [4.78, 5) is 4.80. The number of hydrogen-bond donors (Lipinski definition) is 3. The van der Waals surface area contributed by atoms with Gasteiger partial charge in [-0.25, -0.2) is 15.7 Å². The lowest BCUT2D eigenvalue weighted by atomic mass is 9.96. The van der Waals surface area contributed by atoms with Crippen molar-refractivity contribution in [2.75, 3.05) is 20.3 Å². The number of methoxy groups -OCH3 is 1. The van der Waals surface area contributed by atoms with Crippen molar-refractivity contribution in [3.05, 3.63) is 41.1 Å². The Morgan fingerprint density at radius 1 is 1.41 bits per heavy atom. The zero-order chi connectivity index (χ0) is 22.9. The number of quaternary nitrogens is 1. The van der Waals surface area contributed by atoms with Crippen LogP contribution in [0.1, 0.15) is 37.3 Å². The van der Waals surface area contributed by atoms with Crippen molar-refractivity contribution in [3.8, 4) is 5.75 Å². The molecule has 7 nitrogen and oxygen atoms in total. The number of aliphatic imine (C=N–C) groups is 1. The third-order valence-corrected chi connectivity index (χ3v) is 6.11. The van der Waals surface area contributed by atoms with Crippen molar-refractivity contribution in [3.63, 3.8) is 0 Å². The molecule has 0 radical (unpaired) electrons. The van der Waals surface area contributed by atoms with E-state index in [1.165, 1.54) is 13.2 Å². The quantitative estimate of drug-likeness (QED) is 0.602. The highest BCUT2D eigenvalue weighted by atomic mass is 19.4. The summed E-state index contributed by atoms with van der Waals surface area (Å²) in [7, 11) is 1.41. The van der Waals surface area contributed by atoms with Crippen LogP contribution in [0.15, 0.2) is 40.1 Å². The van der Waals surface area contributed by atoms with Gasteiger partial charge in [0, 0.05) is 30.6 Å². The smallest absolute Gasteiger partial charge is 0.393 e. The highest BCUT2D eigenvalue weighted by Gasteiger charge is 2.55. The number of alkyl halides is 3. The number of nitrogens with one attached hydrogen (secondary N) is 2. The Hall–Kier alpha value is -2.72. The first-order chi connectivity index (χ1) is 15.2. The van der Waals surface area contributed by atoms with Crippen LogP contribution >= 0.6 is 0 Å². The first kappa shape index (κ1) is 22.5. The van der Waals surface area contributed by atoms with Gasteiger partial charge in [0.05, 0.1) is 19.6 Å². The van der Waals surface area contributed by atoms with Gasteiger partial charge in [-0.3, -0.25) is 0 Å². The first-order valence-corrected chi connectivity index (χ1v) is 10.5. The van der Waals surface area contributed by atoms with Gasteiger partial charge in [-0.1, -0.05) is 0 Å². The molecular formula is C22H27F3N5O2+. The van der Waals surface area contributed by atoms with Gasteiger partial charge in [-0.15, -0.1) is 0 Å².